The molecule has 0 spiro atoms. The molecule has 1 atom stereocenters. The Bertz CT molecular complexity index is 1240. The third kappa shape index (κ3) is 9.46. The standard InChI is InChI=1S/C33H46N2O6S2/c1-41-28-17-19-29(20-18-28)43(39,40)35(30(33(37)38)21-22-42-24-25-11-5-2-6-12-25)23-31(36)34-32(26-13-7-3-8-14-26)27-15-9-4-10-16-27/h2,5-6,11-12,17-20,26-27,30,32H,3-4,7-10,13-16,21-24H2,1H3,(H,34,36)(H,37,38). The van der Waals surface area contributed by atoms with Crippen molar-refractivity contribution in [1.82, 2.24) is 9.62 Å². The number of ether oxygens (including phenoxy) is 1. The fraction of sp³-hybridized carbons (Fsp3) is 0.576. The molecule has 2 fully saturated rings. The molecule has 0 radical (unpaired) electrons. The third-order valence-corrected chi connectivity index (χ3v) is 11.8. The van der Waals surface area contributed by atoms with Crippen LogP contribution in [0.1, 0.15) is 76.2 Å². The Morgan fingerprint density at radius 2 is 1.51 bits per heavy atom. The molecule has 0 heterocycles. The Kier molecular flexibility index (Phi) is 12.8. The lowest BCUT2D eigenvalue weighted by molar-refractivity contribution is -0.142. The van der Waals surface area contributed by atoms with E-state index in [-0.39, 0.29) is 17.4 Å². The summed E-state index contributed by atoms with van der Waals surface area (Å²) in [4.78, 5) is 26.3. The molecule has 1 unspecified atom stereocenters. The molecule has 2 aliphatic carbocycles. The summed E-state index contributed by atoms with van der Waals surface area (Å²) in [5.41, 5.74) is 1.11. The highest BCUT2D eigenvalue weighted by atomic mass is 32.2. The fourth-order valence-corrected chi connectivity index (χ4v) is 9.11. The molecule has 8 nitrogen and oxygen atoms in total. The van der Waals surface area contributed by atoms with Gasteiger partial charge in [0.1, 0.15) is 11.8 Å². The number of aliphatic carboxylic acids is 1. The minimum absolute atomic E-state index is 0.0108. The predicted molar refractivity (Wildman–Crippen MR) is 171 cm³/mol. The summed E-state index contributed by atoms with van der Waals surface area (Å²) in [5, 5.41) is 13.5. The first-order chi connectivity index (χ1) is 20.8. The van der Waals surface area contributed by atoms with Gasteiger partial charge in [-0.1, -0.05) is 68.9 Å². The molecule has 0 aliphatic heterocycles. The maximum atomic E-state index is 14.0. The number of nitrogens with zero attached hydrogens (tertiary/aromatic N) is 1. The molecule has 236 valence electrons. The quantitative estimate of drug-likeness (QED) is 0.229. The summed E-state index contributed by atoms with van der Waals surface area (Å²) in [5.74, 6) is 0.646. The first kappa shape index (κ1) is 33.3. The van der Waals surface area contributed by atoms with E-state index < -0.39 is 34.5 Å². The Hall–Kier alpha value is -2.56. The smallest absolute Gasteiger partial charge is 0.322 e. The average molecular weight is 631 g/mol. The summed E-state index contributed by atoms with van der Waals surface area (Å²) >= 11 is 1.55. The largest absolute Gasteiger partial charge is 0.497 e. The zero-order chi connectivity index (χ0) is 30.7. The van der Waals surface area contributed by atoms with E-state index in [2.05, 4.69) is 5.32 Å². The second-order valence-corrected chi connectivity index (χ2v) is 14.8. The van der Waals surface area contributed by atoms with E-state index in [1.165, 1.54) is 44.2 Å². The van der Waals surface area contributed by atoms with Crippen molar-refractivity contribution in [2.45, 2.75) is 93.4 Å². The zero-order valence-electron chi connectivity index (χ0n) is 25.2. The zero-order valence-corrected chi connectivity index (χ0v) is 26.8. The highest BCUT2D eigenvalue weighted by Crippen LogP contribution is 2.36. The lowest BCUT2D eigenvalue weighted by Gasteiger charge is -2.39. The SMILES string of the molecule is COc1ccc(S(=O)(=O)N(CC(=O)NC(C2CCCCC2)C2CCCCC2)C(CCSCc2ccccc2)C(=O)O)cc1. The monoisotopic (exact) mass is 630 g/mol. The van der Waals surface area contributed by atoms with Crippen molar-refractivity contribution in [2.24, 2.45) is 11.8 Å². The van der Waals surface area contributed by atoms with Crippen molar-refractivity contribution in [2.75, 3.05) is 19.4 Å². The first-order valence-electron chi connectivity index (χ1n) is 15.6. The van der Waals surface area contributed by atoms with Crippen molar-refractivity contribution in [3.05, 3.63) is 60.2 Å². The minimum atomic E-state index is -4.31. The van der Waals surface area contributed by atoms with Gasteiger partial charge < -0.3 is 15.2 Å². The molecule has 43 heavy (non-hydrogen) atoms. The Morgan fingerprint density at radius 3 is 2.05 bits per heavy atom. The molecular weight excluding hydrogens is 585 g/mol. The minimum Gasteiger partial charge on any atom is -0.497 e. The average Bonchev–Trinajstić information content (AvgIpc) is 3.04. The molecule has 1 amide bonds. The van der Waals surface area contributed by atoms with E-state index in [0.29, 0.717) is 29.1 Å². The van der Waals surface area contributed by atoms with E-state index in [4.69, 9.17) is 4.74 Å². The fourth-order valence-electron chi connectivity index (χ4n) is 6.58. The maximum absolute atomic E-state index is 14.0. The molecule has 0 bridgehead atoms. The van der Waals surface area contributed by atoms with E-state index in [0.717, 1.165) is 61.2 Å². The molecular formula is C33H46N2O6S2. The molecule has 2 aromatic rings. The number of sulfonamides is 1. The third-order valence-electron chi connectivity index (χ3n) is 8.89. The number of thioether (sulfide) groups is 1. The van der Waals surface area contributed by atoms with Gasteiger partial charge in [0.25, 0.3) is 0 Å². The van der Waals surface area contributed by atoms with Crippen molar-refractivity contribution >= 4 is 33.7 Å². The van der Waals surface area contributed by atoms with Crippen LogP contribution in [0.5, 0.6) is 5.75 Å². The number of carboxylic acid groups (broad SMARTS) is 1. The van der Waals surface area contributed by atoms with Gasteiger partial charge in [-0.05, 0) is 79.5 Å². The normalized spacial score (nSPS) is 17.6. The van der Waals surface area contributed by atoms with Crippen molar-refractivity contribution in [3.63, 3.8) is 0 Å². The summed E-state index contributed by atoms with van der Waals surface area (Å²) in [6.45, 7) is -0.537. The molecule has 2 N–H and O–H groups in total. The van der Waals surface area contributed by atoms with E-state index in [1.807, 2.05) is 30.3 Å². The maximum Gasteiger partial charge on any atom is 0.322 e. The lowest BCUT2D eigenvalue weighted by Crippen LogP contribution is -2.53. The van der Waals surface area contributed by atoms with Gasteiger partial charge in [-0.15, -0.1) is 0 Å². The van der Waals surface area contributed by atoms with Gasteiger partial charge in [0, 0.05) is 11.8 Å². The number of carboxylic acids is 1. The van der Waals surface area contributed by atoms with Crippen LogP contribution < -0.4 is 10.1 Å². The number of benzene rings is 2. The number of carbonyl (C=O) groups is 2. The predicted octanol–water partition coefficient (Wildman–Crippen LogP) is 6.11. The summed E-state index contributed by atoms with van der Waals surface area (Å²) < 4.78 is 34.1. The number of rotatable bonds is 15. The highest BCUT2D eigenvalue weighted by Gasteiger charge is 2.39. The topological polar surface area (TPSA) is 113 Å². The molecule has 10 heteroatoms. The van der Waals surface area contributed by atoms with E-state index >= 15 is 0 Å². The van der Waals surface area contributed by atoms with Crippen LogP contribution in [0, 0.1) is 11.8 Å². The Morgan fingerprint density at radius 1 is 0.930 bits per heavy atom. The van der Waals surface area contributed by atoms with Crippen LogP contribution in [0.15, 0.2) is 59.5 Å². The summed E-state index contributed by atoms with van der Waals surface area (Å²) in [7, 11) is -2.82. The van der Waals surface area contributed by atoms with E-state index in [9.17, 15) is 23.1 Å². The second kappa shape index (κ2) is 16.5. The number of hydrogen-bond acceptors (Lipinski definition) is 6. The number of methoxy groups -OCH3 is 1. The van der Waals surface area contributed by atoms with Gasteiger partial charge in [-0.25, -0.2) is 8.42 Å². The number of hydrogen-bond donors (Lipinski definition) is 2. The van der Waals surface area contributed by atoms with E-state index in [1.54, 1.807) is 11.8 Å². The molecule has 4 rings (SSSR count). The lowest BCUT2D eigenvalue weighted by atomic mass is 9.74. The number of carbonyl (C=O) groups excluding carboxylic acids is 1. The second-order valence-electron chi connectivity index (χ2n) is 11.8. The van der Waals surface area contributed by atoms with Crippen LogP contribution >= 0.6 is 11.8 Å². The van der Waals surface area contributed by atoms with Crippen LogP contribution in [0.4, 0.5) is 0 Å². The molecule has 0 aromatic heterocycles. The van der Waals surface area contributed by atoms with Gasteiger partial charge >= 0.3 is 5.97 Å². The van der Waals surface area contributed by atoms with Gasteiger partial charge in [0.15, 0.2) is 0 Å². The number of amides is 1. The molecule has 0 saturated heterocycles. The van der Waals surface area contributed by atoms with Crippen molar-refractivity contribution in [3.8, 4) is 5.75 Å². The van der Waals surface area contributed by atoms with Gasteiger partial charge in [0.05, 0.1) is 18.6 Å². The van der Waals surface area contributed by atoms with Crippen LogP contribution in [0.2, 0.25) is 0 Å². The van der Waals surface area contributed by atoms with Gasteiger partial charge in [-0.2, -0.15) is 16.1 Å². The first-order valence-corrected chi connectivity index (χ1v) is 18.2. The summed E-state index contributed by atoms with van der Waals surface area (Å²) in [6.07, 6.45) is 11.3. The van der Waals surface area contributed by atoms with Crippen LogP contribution in [0.3, 0.4) is 0 Å². The van der Waals surface area contributed by atoms with Crippen molar-refractivity contribution in [1.29, 1.82) is 0 Å². The number of nitrogens with one attached hydrogen (secondary N) is 1. The van der Waals surface area contributed by atoms with Gasteiger partial charge in [0.2, 0.25) is 15.9 Å². The Labute approximate surface area is 261 Å². The molecule has 2 aromatic carbocycles. The summed E-state index contributed by atoms with van der Waals surface area (Å²) in [6, 6.07) is 14.3. The van der Waals surface area contributed by atoms with Crippen molar-refractivity contribution < 1.29 is 27.9 Å². The van der Waals surface area contributed by atoms with Crippen LogP contribution in [0.25, 0.3) is 0 Å². The molecule has 2 aliphatic rings. The Balaban J connectivity index is 1.55. The van der Waals surface area contributed by atoms with Crippen LogP contribution in [-0.2, 0) is 25.4 Å². The highest BCUT2D eigenvalue weighted by molar-refractivity contribution is 7.98. The molecule has 2 saturated carbocycles. The van der Waals surface area contributed by atoms with Crippen LogP contribution in [-0.4, -0.2) is 61.2 Å². The van der Waals surface area contributed by atoms with Gasteiger partial charge in [-0.3, -0.25) is 9.59 Å².